The van der Waals surface area contributed by atoms with Crippen LogP contribution in [-0.4, -0.2) is 6.29 Å². The highest BCUT2D eigenvalue weighted by Crippen LogP contribution is 2.39. The molecule has 3 rings (SSSR count). The minimum atomic E-state index is -0.498. The first-order chi connectivity index (χ1) is 9.29. The summed E-state index contributed by atoms with van der Waals surface area (Å²) in [5.74, 6) is -0.344. The zero-order valence-corrected chi connectivity index (χ0v) is 10.0. The van der Waals surface area contributed by atoms with Gasteiger partial charge in [-0.05, 0) is 23.8 Å². The van der Waals surface area contributed by atoms with Gasteiger partial charge in [0.25, 0.3) is 0 Å². The predicted molar refractivity (Wildman–Crippen MR) is 70.3 cm³/mol. The van der Waals surface area contributed by atoms with E-state index in [0.29, 0.717) is 11.3 Å². The molecular weight excluding hydrogens is 243 g/mol. The van der Waals surface area contributed by atoms with Gasteiger partial charge in [-0.25, -0.2) is 4.39 Å². The van der Waals surface area contributed by atoms with Crippen LogP contribution in [0.4, 0.5) is 4.39 Å². The Morgan fingerprint density at radius 2 is 1.89 bits per heavy atom. The first-order valence-corrected chi connectivity index (χ1v) is 5.96. The Morgan fingerprint density at radius 3 is 2.63 bits per heavy atom. The van der Waals surface area contributed by atoms with Crippen LogP contribution in [0.15, 0.2) is 54.8 Å². The molecule has 1 atom stereocenters. The normalized spacial score (nSPS) is 17.1. The van der Waals surface area contributed by atoms with Crippen LogP contribution in [0.1, 0.15) is 17.0 Å². The van der Waals surface area contributed by atoms with E-state index in [9.17, 15) is 9.18 Å². The lowest BCUT2D eigenvalue weighted by atomic mass is 9.87. The number of benzene rings is 2. The zero-order valence-electron chi connectivity index (χ0n) is 10.0. The SMILES string of the molecule is O=CC1C(c2ccccc2)=COc2ccc(F)cc21. The van der Waals surface area contributed by atoms with E-state index in [2.05, 4.69) is 0 Å². The van der Waals surface area contributed by atoms with Gasteiger partial charge in [-0.15, -0.1) is 0 Å². The van der Waals surface area contributed by atoms with E-state index < -0.39 is 5.92 Å². The van der Waals surface area contributed by atoms with Crippen LogP contribution in [0, 0.1) is 5.82 Å². The smallest absolute Gasteiger partial charge is 0.132 e. The summed E-state index contributed by atoms with van der Waals surface area (Å²) in [5.41, 5.74) is 2.21. The Morgan fingerprint density at radius 1 is 1.11 bits per heavy atom. The summed E-state index contributed by atoms with van der Waals surface area (Å²) in [7, 11) is 0. The summed E-state index contributed by atoms with van der Waals surface area (Å²) < 4.78 is 18.8. The second-order valence-electron chi connectivity index (χ2n) is 4.35. The van der Waals surface area contributed by atoms with Crippen molar-refractivity contribution in [1.82, 2.24) is 0 Å². The van der Waals surface area contributed by atoms with Crippen LogP contribution in [0.25, 0.3) is 5.57 Å². The highest BCUT2D eigenvalue weighted by atomic mass is 19.1. The largest absolute Gasteiger partial charge is 0.464 e. The summed E-state index contributed by atoms with van der Waals surface area (Å²) in [5, 5.41) is 0. The number of rotatable bonds is 2. The highest BCUT2D eigenvalue weighted by Gasteiger charge is 2.25. The number of allylic oxidation sites excluding steroid dienone is 1. The lowest BCUT2D eigenvalue weighted by Gasteiger charge is -2.23. The van der Waals surface area contributed by atoms with E-state index in [1.807, 2.05) is 30.3 Å². The molecule has 0 bridgehead atoms. The van der Waals surface area contributed by atoms with Crippen molar-refractivity contribution in [2.45, 2.75) is 5.92 Å². The molecule has 1 aliphatic heterocycles. The minimum absolute atomic E-state index is 0.372. The van der Waals surface area contributed by atoms with Crippen molar-refractivity contribution >= 4 is 11.9 Å². The fourth-order valence-corrected chi connectivity index (χ4v) is 2.26. The maximum atomic E-state index is 13.3. The molecule has 0 saturated carbocycles. The number of carbonyl (C=O) groups is 1. The van der Waals surface area contributed by atoms with Gasteiger partial charge in [0.05, 0.1) is 12.2 Å². The summed E-state index contributed by atoms with van der Waals surface area (Å²) in [6.07, 6.45) is 2.38. The summed E-state index contributed by atoms with van der Waals surface area (Å²) >= 11 is 0. The van der Waals surface area contributed by atoms with E-state index in [1.54, 1.807) is 12.3 Å². The Kier molecular flexibility index (Phi) is 2.88. The Labute approximate surface area is 110 Å². The third-order valence-corrected chi connectivity index (χ3v) is 3.20. The van der Waals surface area contributed by atoms with Gasteiger partial charge in [0.2, 0.25) is 0 Å². The van der Waals surface area contributed by atoms with E-state index in [4.69, 9.17) is 4.74 Å². The molecule has 2 aromatic carbocycles. The number of halogens is 1. The highest BCUT2D eigenvalue weighted by molar-refractivity contribution is 5.88. The number of hydrogen-bond donors (Lipinski definition) is 0. The summed E-state index contributed by atoms with van der Waals surface area (Å²) in [6.45, 7) is 0. The molecule has 0 aromatic heterocycles. The molecule has 0 aliphatic carbocycles. The van der Waals surface area contributed by atoms with E-state index in [-0.39, 0.29) is 5.82 Å². The fraction of sp³-hybridized carbons (Fsp3) is 0.0625. The van der Waals surface area contributed by atoms with Crippen molar-refractivity contribution < 1.29 is 13.9 Å². The van der Waals surface area contributed by atoms with Gasteiger partial charge in [-0.1, -0.05) is 30.3 Å². The van der Waals surface area contributed by atoms with Crippen LogP contribution in [0.3, 0.4) is 0 Å². The van der Waals surface area contributed by atoms with Gasteiger partial charge >= 0.3 is 0 Å². The van der Waals surface area contributed by atoms with Gasteiger partial charge < -0.3 is 9.53 Å². The van der Waals surface area contributed by atoms with E-state index >= 15 is 0 Å². The number of fused-ring (bicyclic) bond motifs is 1. The lowest BCUT2D eigenvalue weighted by molar-refractivity contribution is -0.108. The molecule has 1 heterocycles. The van der Waals surface area contributed by atoms with Crippen LogP contribution < -0.4 is 4.74 Å². The van der Waals surface area contributed by atoms with Crippen LogP contribution >= 0.6 is 0 Å². The number of ether oxygens (including phenoxy) is 1. The maximum Gasteiger partial charge on any atom is 0.132 e. The molecule has 0 spiro atoms. The van der Waals surface area contributed by atoms with Crippen molar-refractivity contribution in [1.29, 1.82) is 0 Å². The number of hydrogen-bond acceptors (Lipinski definition) is 2. The van der Waals surface area contributed by atoms with Gasteiger partial charge in [-0.2, -0.15) is 0 Å². The number of carbonyl (C=O) groups excluding carboxylic acids is 1. The monoisotopic (exact) mass is 254 g/mol. The molecule has 1 aliphatic rings. The molecule has 0 N–H and O–H groups in total. The second kappa shape index (κ2) is 4.69. The molecule has 2 aromatic rings. The molecule has 1 unspecified atom stereocenters. The molecule has 3 heteroatoms. The Bertz CT molecular complexity index is 647. The summed E-state index contributed by atoms with van der Waals surface area (Å²) in [6, 6.07) is 13.7. The Hall–Kier alpha value is -2.42. The second-order valence-corrected chi connectivity index (χ2v) is 4.35. The van der Waals surface area contributed by atoms with Crippen molar-refractivity contribution in [3.63, 3.8) is 0 Å². The van der Waals surface area contributed by atoms with Crippen LogP contribution in [0.2, 0.25) is 0 Å². The van der Waals surface area contributed by atoms with Gasteiger partial charge in [0.15, 0.2) is 0 Å². The fourth-order valence-electron chi connectivity index (χ4n) is 2.26. The first-order valence-electron chi connectivity index (χ1n) is 5.96. The standard InChI is InChI=1S/C16H11FO2/c17-12-6-7-16-13(8-12)14(9-18)15(10-19-16)11-4-2-1-3-5-11/h1-10,14H. The molecule has 0 fully saturated rings. The maximum absolute atomic E-state index is 13.3. The average molecular weight is 254 g/mol. The molecule has 19 heavy (non-hydrogen) atoms. The third-order valence-electron chi connectivity index (χ3n) is 3.20. The van der Waals surface area contributed by atoms with Gasteiger partial charge in [0.1, 0.15) is 17.9 Å². The third kappa shape index (κ3) is 2.03. The van der Waals surface area contributed by atoms with Crippen LogP contribution in [-0.2, 0) is 4.79 Å². The van der Waals surface area contributed by atoms with Gasteiger partial charge in [-0.3, -0.25) is 0 Å². The van der Waals surface area contributed by atoms with E-state index in [0.717, 1.165) is 17.4 Å². The van der Waals surface area contributed by atoms with Crippen LogP contribution in [0.5, 0.6) is 5.75 Å². The molecule has 0 radical (unpaired) electrons. The van der Waals surface area contributed by atoms with E-state index in [1.165, 1.54) is 12.1 Å². The molecule has 2 nitrogen and oxygen atoms in total. The average Bonchev–Trinajstić information content (AvgIpc) is 2.46. The van der Waals surface area contributed by atoms with Crippen molar-refractivity contribution in [3.05, 3.63) is 71.7 Å². The predicted octanol–water partition coefficient (Wildman–Crippen LogP) is 3.54. The van der Waals surface area contributed by atoms with Crippen molar-refractivity contribution in [3.8, 4) is 5.75 Å². The topological polar surface area (TPSA) is 26.3 Å². The minimum Gasteiger partial charge on any atom is -0.464 e. The first kappa shape index (κ1) is 11.7. The molecule has 94 valence electrons. The van der Waals surface area contributed by atoms with Crippen molar-refractivity contribution in [2.24, 2.45) is 0 Å². The lowest BCUT2D eigenvalue weighted by Crippen LogP contribution is -2.11. The zero-order chi connectivity index (χ0) is 13.2. The molecule has 0 saturated heterocycles. The quantitative estimate of drug-likeness (QED) is 0.766. The number of aldehydes is 1. The molecule has 0 amide bonds. The summed E-state index contributed by atoms with van der Waals surface area (Å²) in [4.78, 5) is 11.4. The van der Waals surface area contributed by atoms with Gasteiger partial charge in [0, 0.05) is 11.1 Å². The molecular formula is C16H11FO2. The van der Waals surface area contributed by atoms with Crippen molar-refractivity contribution in [2.75, 3.05) is 0 Å². The Balaban J connectivity index is 2.10.